The third kappa shape index (κ3) is 5.90. The summed E-state index contributed by atoms with van der Waals surface area (Å²) in [6.45, 7) is -0.786. The summed E-state index contributed by atoms with van der Waals surface area (Å²) in [5.41, 5.74) is 0.894. The molecular formula is C23H19Cl2NO6. The standard InChI is InChI=1S/C23H19Cl2NO6/c24-17-9-15-8-16(23(30)31)10-19(22(15)18(25)11-17)32-13-20(27)26(12-21(28)29)7-6-14-4-2-1-3-5-14/h1-5,8-11H,6-7,12-13H2,(H,28,29)(H,30,31). The van der Waals surface area contributed by atoms with Crippen molar-refractivity contribution in [2.45, 2.75) is 6.42 Å². The quantitative estimate of drug-likeness (QED) is 0.475. The first kappa shape index (κ1) is 23.4. The third-order valence-corrected chi connectivity index (χ3v) is 5.24. The number of rotatable bonds is 9. The Morgan fingerprint density at radius 3 is 2.34 bits per heavy atom. The number of aromatic carboxylic acids is 1. The second-order valence-electron chi connectivity index (χ2n) is 7.00. The van der Waals surface area contributed by atoms with E-state index in [1.54, 1.807) is 6.07 Å². The van der Waals surface area contributed by atoms with E-state index in [1.807, 2.05) is 30.3 Å². The fourth-order valence-corrected chi connectivity index (χ4v) is 3.82. The van der Waals surface area contributed by atoms with Gasteiger partial charge in [0.15, 0.2) is 6.61 Å². The van der Waals surface area contributed by atoms with E-state index in [0.29, 0.717) is 22.2 Å². The lowest BCUT2D eigenvalue weighted by Crippen LogP contribution is -2.40. The molecule has 0 aliphatic rings. The van der Waals surface area contributed by atoms with E-state index in [2.05, 4.69) is 0 Å². The van der Waals surface area contributed by atoms with Gasteiger partial charge >= 0.3 is 11.9 Å². The molecule has 9 heteroatoms. The number of ether oxygens (including phenoxy) is 1. The van der Waals surface area contributed by atoms with Gasteiger partial charge in [-0.05, 0) is 41.6 Å². The van der Waals surface area contributed by atoms with Crippen LogP contribution in [0, 0.1) is 0 Å². The molecule has 0 unspecified atom stereocenters. The lowest BCUT2D eigenvalue weighted by Gasteiger charge is -2.21. The highest BCUT2D eigenvalue weighted by molar-refractivity contribution is 6.39. The van der Waals surface area contributed by atoms with E-state index < -0.39 is 31.0 Å². The van der Waals surface area contributed by atoms with Gasteiger partial charge in [0, 0.05) is 17.0 Å². The highest BCUT2D eigenvalue weighted by Crippen LogP contribution is 2.36. The number of nitrogens with zero attached hydrogens (tertiary/aromatic N) is 1. The minimum Gasteiger partial charge on any atom is -0.483 e. The molecule has 1 amide bonds. The number of fused-ring (bicyclic) bond motifs is 1. The average molecular weight is 476 g/mol. The van der Waals surface area contributed by atoms with Crippen molar-refractivity contribution in [3.05, 3.63) is 75.8 Å². The van der Waals surface area contributed by atoms with E-state index >= 15 is 0 Å². The zero-order chi connectivity index (χ0) is 23.3. The number of hydrogen-bond acceptors (Lipinski definition) is 4. The first-order valence-corrected chi connectivity index (χ1v) is 10.3. The maximum absolute atomic E-state index is 12.7. The smallest absolute Gasteiger partial charge is 0.335 e. The van der Waals surface area contributed by atoms with Crippen LogP contribution in [0.4, 0.5) is 0 Å². The highest BCUT2D eigenvalue weighted by atomic mass is 35.5. The zero-order valence-corrected chi connectivity index (χ0v) is 18.3. The molecule has 0 spiro atoms. The monoisotopic (exact) mass is 475 g/mol. The van der Waals surface area contributed by atoms with Gasteiger partial charge in [0.1, 0.15) is 12.3 Å². The number of amides is 1. The Labute approximate surface area is 193 Å². The van der Waals surface area contributed by atoms with Gasteiger partial charge in [-0.25, -0.2) is 4.79 Å². The number of carbonyl (C=O) groups excluding carboxylic acids is 1. The summed E-state index contributed by atoms with van der Waals surface area (Å²) in [5, 5.41) is 20.0. The average Bonchev–Trinajstić information content (AvgIpc) is 2.74. The van der Waals surface area contributed by atoms with Crippen LogP contribution < -0.4 is 4.74 Å². The van der Waals surface area contributed by atoms with Gasteiger partial charge in [0.2, 0.25) is 0 Å². The molecule has 32 heavy (non-hydrogen) atoms. The molecule has 0 bridgehead atoms. The van der Waals surface area contributed by atoms with Gasteiger partial charge in [-0.2, -0.15) is 0 Å². The summed E-state index contributed by atoms with van der Waals surface area (Å²) in [4.78, 5) is 36.6. The predicted molar refractivity (Wildman–Crippen MR) is 121 cm³/mol. The highest BCUT2D eigenvalue weighted by Gasteiger charge is 2.19. The Balaban J connectivity index is 1.81. The Bertz CT molecular complexity index is 1170. The summed E-state index contributed by atoms with van der Waals surface area (Å²) in [6.07, 6.45) is 0.474. The first-order chi connectivity index (χ1) is 15.2. The van der Waals surface area contributed by atoms with Crippen molar-refractivity contribution < 1.29 is 29.3 Å². The van der Waals surface area contributed by atoms with E-state index in [9.17, 15) is 24.6 Å². The molecule has 0 fully saturated rings. The Morgan fingerprint density at radius 2 is 1.69 bits per heavy atom. The molecular weight excluding hydrogens is 457 g/mol. The number of benzene rings is 3. The minimum absolute atomic E-state index is 0.0650. The number of halogens is 2. The maximum atomic E-state index is 12.7. The minimum atomic E-state index is -1.19. The number of hydrogen-bond donors (Lipinski definition) is 2. The van der Waals surface area contributed by atoms with Gasteiger partial charge in [0.05, 0.1) is 10.6 Å². The molecule has 0 saturated heterocycles. The van der Waals surface area contributed by atoms with Gasteiger partial charge in [-0.1, -0.05) is 53.5 Å². The predicted octanol–water partition coefficient (Wildman–Crippen LogP) is 4.38. The van der Waals surface area contributed by atoms with Gasteiger partial charge in [0.25, 0.3) is 5.91 Å². The van der Waals surface area contributed by atoms with Crippen LogP contribution in [0.5, 0.6) is 5.75 Å². The molecule has 3 rings (SSSR count). The third-order valence-electron chi connectivity index (χ3n) is 4.72. The molecule has 0 saturated carbocycles. The summed E-state index contributed by atoms with van der Waals surface area (Å²) in [7, 11) is 0. The van der Waals surface area contributed by atoms with Crippen molar-refractivity contribution in [2.75, 3.05) is 19.7 Å². The topological polar surface area (TPSA) is 104 Å². The lowest BCUT2D eigenvalue weighted by atomic mass is 10.1. The van der Waals surface area contributed by atoms with E-state index in [-0.39, 0.29) is 22.9 Å². The van der Waals surface area contributed by atoms with E-state index in [0.717, 1.165) is 5.56 Å². The molecule has 0 atom stereocenters. The Morgan fingerprint density at radius 1 is 0.969 bits per heavy atom. The fourth-order valence-electron chi connectivity index (χ4n) is 3.22. The van der Waals surface area contributed by atoms with E-state index in [1.165, 1.54) is 23.1 Å². The SMILES string of the molecule is O=C(O)CN(CCc1ccccc1)C(=O)COc1cc(C(=O)O)cc2cc(Cl)cc(Cl)c12. The fraction of sp³-hybridized carbons (Fsp3) is 0.174. The van der Waals surface area contributed by atoms with Crippen molar-refractivity contribution in [1.82, 2.24) is 4.90 Å². The van der Waals surface area contributed by atoms with Crippen molar-refractivity contribution in [3.8, 4) is 5.75 Å². The summed E-state index contributed by atoms with van der Waals surface area (Å²) in [6, 6.07) is 15.1. The van der Waals surface area contributed by atoms with Gasteiger partial charge < -0.3 is 19.8 Å². The largest absolute Gasteiger partial charge is 0.483 e. The van der Waals surface area contributed by atoms with Crippen LogP contribution in [0.3, 0.4) is 0 Å². The molecule has 0 aliphatic heterocycles. The van der Waals surface area contributed by atoms with Crippen molar-refractivity contribution in [2.24, 2.45) is 0 Å². The van der Waals surface area contributed by atoms with Crippen LogP contribution in [0.25, 0.3) is 10.8 Å². The number of aliphatic carboxylic acids is 1. The van der Waals surface area contributed by atoms with E-state index in [4.69, 9.17) is 27.9 Å². The summed E-state index contributed by atoms with van der Waals surface area (Å²) < 4.78 is 5.63. The molecule has 0 radical (unpaired) electrons. The second kappa shape index (κ2) is 10.3. The van der Waals surface area contributed by atoms with Gasteiger partial charge in [-0.15, -0.1) is 0 Å². The summed E-state index contributed by atoms with van der Waals surface area (Å²) in [5.74, 6) is -2.80. The van der Waals surface area contributed by atoms with Crippen LogP contribution >= 0.6 is 23.2 Å². The van der Waals surface area contributed by atoms with Crippen LogP contribution in [-0.2, 0) is 16.0 Å². The first-order valence-electron chi connectivity index (χ1n) is 9.57. The molecule has 0 aromatic heterocycles. The summed E-state index contributed by atoms with van der Waals surface area (Å²) >= 11 is 12.3. The zero-order valence-electron chi connectivity index (χ0n) is 16.8. The Kier molecular flexibility index (Phi) is 7.56. The van der Waals surface area contributed by atoms with Crippen molar-refractivity contribution >= 4 is 51.8 Å². The van der Waals surface area contributed by atoms with Crippen LogP contribution in [0.15, 0.2) is 54.6 Å². The molecule has 3 aromatic carbocycles. The van der Waals surface area contributed by atoms with Gasteiger partial charge in [-0.3, -0.25) is 9.59 Å². The van der Waals surface area contributed by atoms with Crippen molar-refractivity contribution in [1.29, 1.82) is 0 Å². The molecule has 0 aliphatic carbocycles. The molecule has 7 nitrogen and oxygen atoms in total. The maximum Gasteiger partial charge on any atom is 0.335 e. The number of carboxylic acids is 2. The Hall–Kier alpha value is -3.29. The molecule has 166 valence electrons. The van der Waals surface area contributed by atoms with Crippen molar-refractivity contribution in [3.63, 3.8) is 0 Å². The second-order valence-corrected chi connectivity index (χ2v) is 7.84. The lowest BCUT2D eigenvalue weighted by molar-refractivity contribution is -0.145. The number of carbonyl (C=O) groups is 3. The number of carboxylic acid groups (broad SMARTS) is 2. The molecule has 0 heterocycles. The van der Waals surface area contributed by atoms with Crippen LogP contribution in [-0.4, -0.2) is 52.7 Å². The van der Waals surface area contributed by atoms with Crippen LogP contribution in [0.1, 0.15) is 15.9 Å². The van der Waals surface area contributed by atoms with Crippen LogP contribution in [0.2, 0.25) is 10.0 Å². The molecule has 2 N–H and O–H groups in total. The molecule has 3 aromatic rings. The normalized spacial score (nSPS) is 10.7.